The zero-order valence-electron chi connectivity index (χ0n) is 10.4. The van der Waals surface area contributed by atoms with Crippen molar-refractivity contribution >= 4 is 11.8 Å². The molecule has 0 bridgehead atoms. The van der Waals surface area contributed by atoms with Gasteiger partial charge in [0.1, 0.15) is 0 Å². The summed E-state index contributed by atoms with van der Waals surface area (Å²) in [6.45, 7) is 2.43. The summed E-state index contributed by atoms with van der Waals surface area (Å²) in [4.78, 5) is 15.4. The third-order valence-corrected chi connectivity index (χ3v) is 2.89. The molecule has 1 fully saturated rings. The van der Waals surface area contributed by atoms with Gasteiger partial charge in [-0.3, -0.25) is 10.3 Å². The van der Waals surface area contributed by atoms with Gasteiger partial charge in [-0.25, -0.2) is 9.18 Å². The van der Waals surface area contributed by atoms with Crippen LogP contribution < -0.4 is 5.32 Å². The van der Waals surface area contributed by atoms with E-state index in [9.17, 15) is 9.18 Å². The fourth-order valence-corrected chi connectivity index (χ4v) is 1.56. The lowest BCUT2D eigenvalue weighted by Crippen LogP contribution is -2.14. The quantitative estimate of drug-likeness (QED) is 0.817. The van der Waals surface area contributed by atoms with Crippen LogP contribution in [-0.4, -0.2) is 17.7 Å². The highest BCUT2D eigenvalue weighted by Gasteiger charge is 2.46. The van der Waals surface area contributed by atoms with Gasteiger partial charge in [0.2, 0.25) is 0 Å². The summed E-state index contributed by atoms with van der Waals surface area (Å²) in [5.74, 6) is 0. The van der Waals surface area contributed by atoms with E-state index in [1.165, 1.54) is 6.20 Å². The SMILES string of the molecule is CCCCOC(=O)Nc1ccc(C2(F)CC2)nc1. The van der Waals surface area contributed by atoms with Gasteiger partial charge >= 0.3 is 6.09 Å². The molecule has 0 aromatic carbocycles. The van der Waals surface area contributed by atoms with E-state index in [1.807, 2.05) is 6.92 Å². The Bertz CT molecular complexity index is 416. The molecule has 0 atom stereocenters. The van der Waals surface area contributed by atoms with E-state index in [-0.39, 0.29) is 0 Å². The maximum atomic E-state index is 13.7. The minimum absolute atomic E-state index is 0.404. The molecule has 1 aromatic heterocycles. The molecule has 0 radical (unpaired) electrons. The van der Waals surface area contributed by atoms with Crippen molar-refractivity contribution in [3.63, 3.8) is 0 Å². The van der Waals surface area contributed by atoms with Crippen LogP contribution in [0.3, 0.4) is 0 Å². The number of alkyl halides is 1. The largest absolute Gasteiger partial charge is 0.449 e. The number of hydrogen-bond donors (Lipinski definition) is 1. The molecule has 0 spiro atoms. The smallest absolute Gasteiger partial charge is 0.411 e. The highest BCUT2D eigenvalue weighted by molar-refractivity contribution is 5.84. The molecule has 2 rings (SSSR count). The van der Waals surface area contributed by atoms with Crippen LogP contribution in [0.5, 0.6) is 0 Å². The molecule has 5 heteroatoms. The van der Waals surface area contributed by atoms with E-state index in [2.05, 4.69) is 10.3 Å². The van der Waals surface area contributed by atoms with Crippen LogP contribution in [-0.2, 0) is 10.4 Å². The molecule has 0 unspecified atom stereocenters. The number of amides is 1. The maximum Gasteiger partial charge on any atom is 0.411 e. The Labute approximate surface area is 106 Å². The van der Waals surface area contributed by atoms with E-state index in [4.69, 9.17) is 4.74 Å². The summed E-state index contributed by atoms with van der Waals surface area (Å²) in [6.07, 6.45) is 3.84. The van der Waals surface area contributed by atoms with Crippen LogP contribution in [0.1, 0.15) is 38.3 Å². The van der Waals surface area contributed by atoms with Gasteiger partial charge in [-0.2, -0.15) is 0 Å². The van der Waals surface area contributed by atoms with Gasteiger partial charge in [0.25, 0.3) is 0 Å². The minimum Gasteiger partial charge on any atom is -0.449 e. The Hall–Kier alpha value is -1.65. The van der Waals surface area contributed by atoms with E-state index >= 15 is 0 Å². The number of hydrogen-bond acceptors (Lipinski definition) is 3. The van der Waals surface area contributed by atoms with Crippen LogP contribution in [0.4, 0.5) is 14.9 Å². The molecule has 0 aliphatic heterocycles. The summed E-state index contributed by atoms with van der Waals surface area (Å²) in [7, 11) is 0. The Morgan fingerprint density at radius 3 is 2.89 bits per heavy atom. The molecule has 1 aromatic rings. The first-order chi connectivity index (χ1) is 8.64. The molecule has 0 saturated heterocycles. The first-order valence-electron chi connectivity index (χ1n) is 6.23. The van der Waals surface area contributed by atoms with Crippen LogP contribution in [0.2, 0.25) is 0 Å². The number of halogens is 1. The van der Waals surface area contributed by atoms with Crippen LogP contribution >= 0.6 is 0 Å². The highest BCUT2D eigenvalue weighted by atomic mass is 19.1. The van der Waals surface area contributed by atoms with Crippen LogP contribution in [0, 0.1) is 0 Å². The fourth-order valence-electron chi connectivity index (χ4n) is 1.56. The van der Waals surface area contributed by atoms with Crippen molar-refractivity contribution < 1.29 is 13.9 Å². The lowest BCUT2D eigenvalue weighted by Gasteiger charge is -2.08. The van der Waals surface area contributed by atoms with Crippen molar-refractivity contribution in [1.82, 2.24) is 4.98 Å². The summed E-state index contributed by atoms with van der Waals surface area (Å²) < 4.78 is 18.6. The van der Waals surface area contributed by atoms with Gasteiger partial charge in [0, 0.05) is 0 Å². The molecular weight excluding hydrogens is 235 g/mol. The average molecular weight is 252 g/mol. The second kappa shape index (κ2) is 5.33. The van der Waals surface area contributed by atoms with Gasteiger partial charge in [0.05, 0.1) is 24.2 Å². The molecule has 1 heterocycles. The van der Waals surface area contributed by atoms with Crippen molar-refractivity contribution in [3.05, 3.63) is 24.0 Å². The normalized spacial score (nSPS) is 16.1. The second-order valence-corrected chi connectivity index (χ2v) is 4.51. The Morgan fingerprint density at radius 1 is 1.56 bits per heavy atom. The number of nitrogens with one attached hydrogen (secondary N) is 1. The van der Waals surface area contributed by atoms with Crippen molar-refractivity contribution in [2.75, 3.05) is 11.9 Å². The van der Waals surface area contributed by atoms with Gasteiger partial charge in [-0.1, -0.05) is 13.3 Å². The third-order valence-electron chi connectivity index (χ3n) is 2.89. The molecular formula is C13H17FN2O2. The number of carbonyl (C=O) groups is 1. The van der Waals surface area contributed by atoms with E-state index < -0.39 is 11.8 Å². The molecule has 1 N–H and O–H groups in total. The summed E-state index contributed by atoms with van der Waals surface area (Å²) in [6, 6.07) is 3.25. The summed E-state index contributed by atoms with van der Waals surface area (Å²) in [5, 5.41) is 2.55. The monoisotopic (exact) mass is 252 g/mol. The number of ether oxygens (including phenoxy) is 1. The number of rotatable bonds is 5. The lowest BCUT2D eigenvalue weighted by molar-refractivity contribution is 0.160. The number of unbranched alkanes of at least 4 members (excludes halogenated alkanes) is 1. The predicted molar refractivity (Wildman–Crippen MR) is 66.1 cm³/mol. The molecule has 1 amide bonds. The molecule has 1 saturated carbocycles. The van der Waals surface area contributed by atoms with Crippen LogP contribution in [0.15, 0.2) is 18.3 Å². The van der Waals surface area contributed by atoms with Gasteiger partial charge in [-0.05, 0) is 31.4 Å². The van der Waals surface area contributed by atoms with Gasteiger partial charge in [0.15, 0.2) is 5.67 Å². The number of aromatic nitrogens is 1. The summed E-state index contributed by atoms with van der Waals surface area (Å²) >= 11 is 0. The van der Waals surface area contributed by atoms with E-state index in [1.54, 1.807) is 12.1 Å². The number of carbonyl (C=O) groups excluding carboxylic acids is 1. The molecule has 1 aliphatic carbocycles. The molecule has 4 nitrogen and oxygen atoms in total. The lowest BCUT2D eigenvalue weighted by atomic mass is 10.2. The predicted octanol–water partition coefficient (Wildman–Crippen LogP) is 3.39. The number of anilines is 1. The van der Waals surface area contributed by atoms with Crippen molar-refractivity contribution in [1.29, 1.82) is 0 Å². The molecule has 98 valence electrons. The van der Waals surface area contributed by atoms with Crippen molar-refractivity contribution in [2.45, 2.75) is 38.3 Å². The zero-order chi connectivity index (χ0) is 13.0. The Balaban J connectivity index is 1.84. The molecule has 1 aliphatic rings. The molecule has 18 heavy (non-hydrogen) atoms. The fraction of sp³-hybridized carbons (Fsp3) is 0.538. The van der Waals surface area contributed by atoms with Crippen molar-refractivity contribution in [2.24, 2.45) is 0 Å². The number of nitrogens with zero attached hydrogens (tertiary/aromatic N) is 1. The first-order valence-corrected chi connectivity index (χ1v) is 6.23. The third kappa shape index (κ3) is 3.18. The standard InChI is InChI=1S/C13H17FN2O2/c1-2-3-8-18-12(17)16-10-4-5-11(15-9-10)13(14)6-7-13/h4-5,9H,2-3,6-8H2,1H3,(H,16,17). The van der Waals surface area contributed by atoms with Gasteiger partial charge < -0.3 is 4.74 Å². The average Bonchev–Trinajstić information content (AvgIpc) is 3.10. The minimum atomic E-state index is -1.24. The van der Waals surface area contributed by atoms with Gasteiger partial charge in [-0.15, -0.1) is 0 Å². The van der Waals surface area contributed by atoms with Crippen LogP contribution in [0.25, 0.3) is 0 Å². The maximum absolute atomic E-state index is 13.7. The summed E-state index contributed by atoms with van der Waals surface area (Å²) in [5.41, 5.74) is -0.280. The zero-order valence-corrected chi connectivity index (χ0v) is 10.4. The van der Waals surface area contributed by atoms with E-state index in [0.29, 0.717) is 30.8 Å². The highest BCUT2D eigenvalue weighted by Crippen LogP contribution is 2.48. The second-order valence-electron chi connectivity index (χ2n) is 4.51. The van der Waals surface area contributed by atoms with Crippen molar-refractivity contribution in [3.8, 4) is 0 Å². The number of pyridine rings is 1. The Morgan fingerprint density at radius 2 is 2.33 bits per heavy atom. The topological polar surface area (TPSA) is 51.2 Å². The Kier molecular flexibility index (Phi) is 3.79. The van der Waals surface area contributed by atoms with E-state index in [0.717, 1.165) is 12.8 Å². The first kappa shape index (κ1) is 12.8.